The molecule has 0 saturated carbocycles. The number of hydrogen-bond donors (Lipinski definition) is 9. The molecule has 3 heterocycles. The van der Waals surface area contributed by atoms with Gasteiger partial charge >= 0.3 is 19.7 Å². The highest BCUT2D eigenvalue weighted by molar-refractivity contribution is 7.49. The molecule has 11 N–H and O–H groups in total. The summed E-state index contributed by atoms with van der Waals surface area (Å²) in [7, 11) is -4.14. The number of nitrogens with one attached hydrogen (secondary N) is 1. The number of nitrogen functional groups attached to an aromatic ring is 1. The molecule has 0 radical (unpaired) electrons. The van der Waals surface area contributed by atoms with Gasteiger partial charge in [-0.05, 0) is 0 Å². The quantitative estimate of drug-likeness (QED) is 0.116. The van der Waals surface area contributed by atoms with Crippen LogP contribution in [0, 0.1) is 0 Å². The number of aliphatic hydroxyl groups is 2. The summed E-state index contributed by atoms with van der Waals surface area (Å²) < 4.78 is 16.3. The van der Waals surface area contributed by atoms with Crippen molar-refractivity contribution in [3.05, 3.63) is 16.7 Å². The molecule has 2 aromatic heterocycles. The molecular weight excluding hydrogens is 497 g/mol. The summed E-state index contributed by atoms with van der Waals surface area (Å²) >= 11 is 0. The van der Waals surface area contributed by atoms with Crippen LogP contribution in [0.3, 0.4) is 0 Å². The molecule has 1 unspecified atom stereocenters. The fourth-order valence-electron chi connectivity index (χ4n) is 3.33. The van der Waals surface area contributed by atoms with E-state index < -0.39 is 49.9 Å². The molecule has 0 aliphatic carbocycles. The Kier molecular flexibility index (Phi) is 9.41. The zero-order valence-corrected chi connectivity index (χ0v) is 18.9. The number of aromatic amines is 1. The van der Waals surface area contributed by atoms with Crippen LogP contribution in [0.4, 0.5) is 5.95 Å². The summed E-state index contributed by atoms with van der Waals surface area (Å²) in [6.07, 6.45) is -3.95. The second-order valence-electron chi connectivity index (χ2n) is 7.46. The van der Waals surface area contributed by atoms with Gasteiger partial charge < -0.3 is 40.7 Å². The smallest absolute Gasteiger partial charge is 0.397 e. The van der Waals surface area contributed by atoms with Crippen molar-refractivity contribution in [2.75, 3.05) is 18.8 Å². The van der Waals surface area contributed by atoms with Gasteiger partial charge in [0.15, 0.2) is 11.2 Å². The third kappa shape index (κ3) is 8.34. The van der Waals surface area contributed by atoms with Crippen molar-refractivity contribution in [3.63, 3.8) is 0 Å². The number of imidazole rings is 1. The Hall–Kier alpha value is -2.96. The fourth-order valence-corrected chi connectivity index (χ4v) is 3.33. The topological polar surface area (TPSA) is 301 Å². The van der Waals surface area contributed by atoms with Gasteiger partial charge in [-0.3, -0.25) is 28.8 Å². The monoisotopic (exact) mass is 523 g/mol. The summed E-state index contributed by atoms with van der Waals surface area (Å²) in [5.74, 6) is -2.36. The summed E-state index contributed by atoms with van der Waals surface area (Å²) in [5, 5.41) is 38.9. The van der Waals surface area contributed by atoms with Crippen LogP contribution in [0.2, 0.25) is 0 Å². The Morgan fingerprint density at radius 3 is 2.34 bits per heavy atom. The second kappa shape index (κ2) is 11.6. The first-order valence-electron chi connectivity index (χ1n) is 9.93. The maximum absolute atomic E-state index is 11.9. The standard InChI is InChI=1S/C16H22N6O8.H4NO3P/c17-16-19-13-11(14(28)20-16)18-6-22(13)8-5-7(23)12(30-8)15(29)21(3-1-9(24)25)4-2-10(26)27;1-5(2,3)4/h6-8,12,15,23,29H,1-5H2,(H,24,25)(H,26,27)(H3,17,19,20,28);(H4,1,2,3,4)/t7-,8+,12-,15?;/m0./s1. The number of hydrogen-bond acceptors (Lipinski definition) is 11. The number of fused-ring (bicyclic) bond motifs is 1. The van der Waals surface area contributed by atoms with E-state index in [2.05, 4.69) is 20.5 Å². The third-order valence-corrected chi connectivity index (χ3v) is 4.79. The van der Waals surface area contributed by atoms with Crippen molar-refractivity contribution in [1.82, 2.24) is 24.4 Å². The average molecular weight is 523 g/mol. The number of nitrogens with two attached hydrogens (primary N) is 2. The Morgan fingerprint density at radius 1 is 1.29 bits per heavy atom. The molecule has 19 heteroatoms. The van der Waals surface area contributed by atoms with Crippen LogP contribution in [0.15, 0.2) is 11.1 Å². The van der Waals surface area contributed by atoms with Gasteiger partial charge in [0.1, 0.15) is 18.6 Å². The van der Waals surface area contributed by atoms with Gasteiger partial charge in [0.2, 0.25) is 5.95 Å². The average Bonchev–Trinajstić information content (AvgIpc) is 3.29. The van der Waals surface area contributed by atoms with E-state index >= 15 is 0 Å². The lowest BCUT2D eigenvalue weighted by Gasteiger charge is -2.32. The van der Waals surface area contributed by atoms with E-state index in [0.717, 1.165) is 0 Å². The van der Waals surface area contributed by atoms with E-state index in [4.69, 9.17) is 35.0 Å². The van der Waals surface area contributed by atoms with E-state index in [9.17, 15) is 24.6 Å². The van der Waals surface area contributed by atoms with E-state index in [-0.39, 0.29) is 49.5 Å². The molecular formula is C16H26N7O11P. The number of carboxylic acids is 2. The Balaban J connectivity index is 0.000000784. The number of nitrogens with zero attached hydrogens (tertiary/aromatic N) is 4. The van der Waals surface area contributed by atoms with Crippen molar-refractivity contribution < 1.29 is 49.1 Å². The van der Waals surface area contributed by atoms with Crippen molar-refractivity contribution in [2.45, 2.75) is 43.9 Å². The normalized spacial score (nSPS) is 21.0. The molecule has 1 aliphatic heterocycles. The highest BCUT2D eigenvalue weighted by atomic mass is 31.2. The Labute approximate surface area is 196 Å². The van der Waals surface area contributed by atoms with Gasteiger partial charge in [-0.2, -0.15) is 4.98 Å². The van der Waals surface area contributed by atoms with Crippen molar-refractivity contribution >= 4 is 36.8 Å². The molecule has 0 aromatic carbocycles. The summed E-state index contributed by atoms with van der Waals surface area (Å²) in [6, 6.07) is 0. The van der Waals surface area contributed by atoms with Gasteiger partial charge in [0, 0.05) is 19.5 Å². The number of rotatable bonds is 9. The molecule has 0 amide bonds. The Morgan fingerprint density at radius 2 is 1.83 bits per heavy atom. The first-order chi connectivity index (χ1) is 16.2. The Bertz CT molecular complexity index is 1120. The molecule has 18 nitrogen and oxygen atoms in total. The molecule has 35 heavy (non-hydrogen) atoms. The lowest BCUT2D eigenvalue weighted by Crippen LogP contribution is -2.48. The van der Waals surface area contributed by atoms with Crippen molar-refractivity contribution in [2.24, 2.45) is 5.50 Å². The van der Waals surface area contributed by atoms with Gasteiger partial charge in [-0.15, -0.1) is 0 Å². The molecule has 1 fully saturated rings. The predicted molar refractivity (Wildman–Crippen MR) is 115 cm³/mol. The number of H-pyrrole nitrogens is 1. The highest BCUT2D eigenvalue weighted by Gasteiger charge is 2.42. The van der Waals surface area contributed by atoms with Crippen LogP contribution < -0.4 is 16.8 Å². The minimum Gasteiger partial charge on any atom is -0.481 e. The number of aromatic nitrogens is 4. The number of aliphatic hydroxyl groups excluding tert-OH is 2. The van der Waals surface area contributed by atoms with Crippen LogP contribution in [0.1, 0.15) is 25.5 Å². The van der Waals surface area contributed by atoms with Crippen LogP contribution in [0.25, 0.3) is 11.2 Å². The molecule has 1 aliphatic rings. The first kappa shape index (κ1) is 28.3. The van der Waals surface area contributed by atoms with Gasteiger partial charge in [-0.1, -0.05) is 0 Å². The van der Waals surface area contributed by atoms with Gasteiger partial charge in [0.25, 0.3) is 5.56 Å². The van der Waals surface area contributed by atoms with E-state index in [1.54, 1.807) is 0 Å². The van der Waals surface area contributed by atoms with E-state index in [1.165, 1.54) is 15.8 Å². The SMILES string of the molecule is NP(=O)(O)O.Nc1nc2c(ncn2[C@H]2C[C@H](O)[C@@H](C(O)N(CCC(=O)O)CCC(=O)O)O2)c(=O)[nH]1. The van der Waals surface area contributed by atoms with Crippen molar-refractivity contribution in [1.29, 1.82) is 0 Å². The first-order valence-corrected chi connectivity index (χ1v) is 11.6. The second-order valence-corrected chi connectivity index (χ2v) is 8.64. The summed E-state index contributed by atoms with van der Waals surface area (Å²) in [6.45, 7) is -0.273. The van der Waals surface area contributed by atoms with Crippen LogP contribution in [-0.4, -0.2) is 98.1 Å². The highest BCUT2D eigenvalue weighted by Crippen LogP contribution is 2.33. The molecule has 196 valence electrons. The van der Waals surface area contributed by atoms with Gasteiger partial charge in [0.05, 0.1) is 25.3 Å². The molecule has 2 aromatic rings. The number of aliphatic carboxylic acids is 2. The maximum atomic E-state index is 11.9. The third-order valence-electron chi connectivity index (χ3n) is 4.79. The molecule has 1 saturated heterocycles. The molecule has 3 rings (SSSR count). The summed E-state index contributed by atoms with van der Waals surface area (Å²) in [4.78, 5) is 60.0. The zero-order chi connectivity index (χ0) is 26.5. The lowest BCUT2D eigenvalue weighted by atomic mass is 10.1. The number of anilines is 1. The number of ether oxygens (including phenoxy) is 1. The van der Waals surface area contributed by atoms with E-state index in [0.29, 0.717) is 0 Å². The van der Waals surface area contributed by atoms with Gasteiger partial charge in [-0.25, -0.2) is 15.1 Å². The molecule has 4 atom stereocenters. The van der Waals surface area contributed by atoms with Crippen LogP contribution in [-0.2, 0) is 18.9 Å². The number of carbonyl (C=O) groups is 2. The zero-order valence-electron chi connectivity index (χ0n) is 18.0. The van der Waals surface area contributed by atoms with Crippen LogP contribution >= 0.6 is 7.75 Å². The lowest BCUT2D eigenvalue weighted by molar-refractivity contribution is -0.149. The van der Waals surface area contributed by atoms with Crippen LogP contribution in [0.5, 0.6) is 0 Å². The van der Waals surface area contributed by atoms with Crippen molar-refractivity contribution in [3.8, 4) is 0 Å². The minimum absolute atomic E-state index is 0.0211. The molecule has 0 spiro atoms. The maximum Gasteiger partial charge on any atom is 0.397 e. The molecule has 0 bridgehead atoms. The largest absolute Gasteiger partial charge is 0.481 e. The fraction of sp³-hybridized carbons (Fsp3) is 0.562. The minimum atomic E-state index is -4.14. The van der Waals surface area contributed by atoms with E-state index in [1.807, 2.05) is 0 Å². The summed E-state index contributed by atoms with van der Waals surface area (Å²) in [5.41, 5.74) is 9.21. The predicted octanol–water partition coefficient (Wildman–Crippen LogP) is -3.04. The number of carboxylic acid groups (broad SMARTS) is 2.